The number of aliphatic hydroxyl groups excluding tert-OH is 1. The van der Waals surface area contributed by atoms with E-state index in [1.165, 1.54) is 4.57 Å². The van der Waals surface area contributed by atoms with Crippen molar-refractivity contribution in [2.24, 2.45) is 5.73 Å². The van der Waals surface area contributed by atoms with Crippen molar-refractivity contribution in [1.82, 2.24) is 9.55 Å². The summed E-state index contributed by atoms with van der Waals surface area (Å²) in [4.78, 5) is 17.7. The molecule has 0 aliphatic carbocycles. The molecule has 0 amide bonds. The SMILES string of the molecule is COc1ccc(C(c2ccccc2)(c2ccc(OC)cc2)C(O)[C@H]2O[C@@H](n3ccc(NCCN)nc3=O)C[C@@]2(O)[Si](C)(C)C(C)(C)C)cc1. The zero-order valence-electron chi connectivity index (χ0n) is 29.5. The molecule has 1 saturated heterocycles. The number of aromatic nitrogens is 2. The predicted molar refractivity (Wildman–Crippen MR) is 195 cm³/mol. The molecule has 1 aliphatic heterocycles. The zero-order chi connectivity index (χ0) is 35.6. The molecule has 1 aliphatic rings. The fraction of sp³-hybridized carbons (Fsp3) is 0.421. The third-order valence-corrected chi connectivity index (χ3v) is 17.3. The number of methoxy groups -OCH3 is 2. The van der Waals surface area contributed by atoms with Gasteiger partial charge in [0.15, 0.2) is 0 Å². The summed E-state index contributed by atoms with van der Waals surface area (Å²) in [5.41, 5.74) is 6.21. The molecule has 4 aromatic rings. The maximum absolute atomic E-state index is 13.5. The fourth-order valence-electron chi connectivity index (χ4n) is 7.05. The van der Waals surface area contributed by atoms with E-state index in [1.807, 2.05) is 78.9 Å². The van der Waals surface area contributed by atoms with Crippen LogP contribution in [0.15, 0.2) is 95.9 Å². The van der Waals surface area contributed by atoms with Gasteiger partial charge < -0.3 is 35.5 Å². The van der Waals surface area contributed by atoms with E-state index in [1.54, 1.807) is 26.5 Å². The lowest BCUT2D eigenvalue weighted by Crippen LogP contribution is -2.68. The van der Waals surface area contributed by atoms with Gasteiger partial charge in [0.2, 0.25) is 0 Å². The lowest BCUT2D eigenvalue weighted by molar-refractivity contribution is -0.110. The Kier molecular flexibility index (Phi) is 10.4. The van der Waals surface area contributed by atoms with Gasteiger partial charge in [-0.2, -0.15) is 4.98 Å². The lowest BCUT2D eigenvalue weighted by atomic mass is 9.64. The molecule has 11 heteroatoms. The van der Waals surface area contributed by atoms with E-state index in [9.17, 15) is 15.0 Å². The van der Waals surface area contributed by atoms with Crippen molar-refractivity contribution in [3.05, 3.63) is 118 Å². The third-order valence-electron chi connectivity index (χ3n) is 10.9. The molecule has 0 radical (unpaired) electrons. The second kappa shape index (κ2) is 14.1. The van der Waals surface area contributed by atoms with E-state index in [0.717, 1.165) is 16.7 Å². The molecule has 262 valence electrons. The Labute approximate surface area is 289 Å². The van der Waals surface area contributed by atoms with Crippen LogP contribution in [0.5, 0.6) is 11.5 Å². The van der Waals surface area contributed by atoms with Crippen LogP contribution < -0.4 is 26.2 Å². The van der Waals surface area contributed by atoms with Crippen LogP contribution in [-0.4, -0.2) is 72.6 Å². The average molecular weight is 687 g/mol. The van der Waals surface area contributed by atoms with Crippen molar-refractivity contribution in [2.75, 3.05) is 32.6 Å². The van der Waals surface area contributed by atoms with Crippen molar-refractivity contribution in [3.8, 4) is 11.5 Å². The summed E-state index contributed by atoms with van der Waals surface area (Å²) in [7, 11) is 0.440. The molecule has 2 heterocycles. The molecule has 1 unspecified atom stereocenters. The molecule has 0 spiro atoms. The molecular weight excluding hydrogens is 637 g/mol. The van der Waals surface area contributed by atoms with Gasteiger partial charge in [-0.3, -0.25) is 4.57 Å². The normalized spacial score (nSPS) is 20.5. The minimum atomic E-state index is -2.79. The van der Waals surface area contributed by atoms with Gasteiger partial charge >= 0.3 is 5.69 Å². The second-order valence-electron chi connectivity index (χ2n) is 14.3. The monoisotopic (exact) mass is 686 g/mol. The van der Waals surface area contributed by atoms with Crippen LogP contribution in [0, 0.1) is 0 Å². The van der Waals surface area contributed by atoms with Gasteiger partial charge in [-0.05, 0) is 52.1 Å². The van der Waals surface area contributed by atoms with Crippen LogP contribution in [0.4, 0.5) is 5.82 Å². The minimum Gasteiger partial charge on any atom is -0.497 e. The van der Waals surface area contributed by atoms with E-state index in [-0.39, 0.29) is 11.5 Å². The number of rotatable bonds is 12. The van der Waals surface area contributed by atoms with E-state index in [0.29, 0.717) is 30.4 Å². The van der Waals surface area contributed by atoms with Gasteiger partial charge in [0, 0.05) is 25.7 Å². The first-order valence-corrected chi connectivity index (χ1v) is 19.7. The highest BCUT2D eigenvalue weighted by atomic mass is 28.3. The van der Waals surface area contributed by atoms with Crippen molar-refractivity contribution in [1.29, 1.82) is 0 Å². The number of nitrogens with two attached hydrogens (primary N) is 1. The molecule has 5 rings (SSSR count). The van der Waals surface area contributed by atoms with Gasteiger partial charge in [0.1, 0.15) is 35.8 Å². The number of benzene rings is 3. The first-order chi connectivity index (χ1) is 23.2. The summed E-state index contributed by atoms with van der Waals surface area (Å²) in [6.45, 7) is 11.5. The molecule has 3 aromatic carbocycles. The Hall–Kier alpha value is -4.00. The van der Waals surface area contributed by atoms with Crippen LogP contribution >= 0.6 is 0 Å². The summed E-state index contributed by atoms with van der Waals surface area (Å²) < 4.78 is 19.3. The van der Waals surface area contributed by atoms with Crippen molar-refractivity contribution in [2.45, 2.75) is 74.4 Å². The minimum absolute atomic E-state index is 0.0957. The van der Waals surface area contributed by atoms with Crippen LogP contribution in [0.3, 0.4) is 0 Å². The Morgan fingerprint density at radius 1 is 0.959 bits per heavy atom. The number of hydrogen-bond donors (Lipinski definition) is 4. The molecule has 0 saturated carbocycles. The number of anilines is 1. The molecule has 5 N–H and O–H groups in total. The lowest BCUT2D eigenvalue weighted by Gasteiger charge is -2.52. The Morgan fingerprint density at radius 2 is 1.49 bits per heavy atom. The maximum atomic E-state index is 13.5. The largest absolute Gasteiger partial charge is 0.497 e. The van der Waals surface area contributed by atoms with E-state index in [4.69, 9.17) is 19.9 Å². The maximum Gasteiger partial charge on any atom is 0.351 e. The highest BCUT2D eigenvalue weighted by Gasteiger charge is 2.66. The molecule has 4 atom stereocenters. The van der Waals surface area contributed by atoms with Crippen LogP contribution in [0.25, 0.3) is 0 Å². The highest BCUT2D eigenvalue weighted by molar-refractivity contribution is 6.83. The Bertz CT molecular complexity index is 1710. The first kappa shape index (κ1) is 36.3. The highest BCUT2D eigenvalue weighted by Crippen LogP contribution is 2.55. The summed E-state index contributed by atoms with van der Waals surface area (Å²) in [5, 5.41) is 27.7. The topological polar surface area (TPSA) is 141 Å². The molecule has 10 nitrogen and oxygen atoms in total. The van der Waals surface area contributed by atoms with E-state index < -0.39 is 42.8 Å². The molecule has 1 fully saturated rings. The van der Waals surface area contributed by atoms with Crippen LogP contribution in [-0.2, 0) is 10.2 Å². The van der Waals surface area contributed by atoms with Gasteiger partial charge in [0.25, 0.3) is 0 Å². The summed E-state index contributed by atoms with van der Waals surface area (Å²) in [5.74, 6) is 1.74. The Balaban J connectivity index is 1.77. The van der Waals surface area contributed by atoms with E-state index in [2.05, 4.69) is 44.2 Å². The Morgan fingerprint density at radius 3 is 1.96 bits per heavy atom. The van der Waals surface area contributed by atoms with E-state index >= 15 is 0 Å². The van der Waals surface area contributed by atoms with Crippen LogP contribution in [0.2, 0.25) is 18.1 Å². The molecule has 0 bridgehead atoms. The number of aliphatic hydroxyl groups is 2. The summed E-state index contributed by atoms with van der Waals surface area (Å²) in [6.07, 6.45) is -1.63. The smallest absolute Gasteiger partial charge is 0.351 e. The summed E-state index contributed by atoms with van der Waals surface area (Å²) in [6, 6.07) is 26.7. The molecule has 49 heavy (non-hydrogen) atoms. The quantitative estimate of drug-likeness (QED) is 0.118. The van der Waals surface area contributed by atoms with Crippen molar-refractivity contribution in [3.63, 3.8) is 0 Å². The third kappa shape index (κ3) is 6.41. The molecule has 1 aromatic heterocycles. The van der Waals surface area contributed by atoms with Gasteiger partial charge in [-0.25, -0.2) is 4.79 Å². The predicted octanol–water partition coefficient (Wildman–Crippen LogP) is 5.09. The zero-order valence-corrected chi connectivity index (χ0v) is 30.5. The number of ether oxygens (including phenoxy) is 3. The van der Waals surface area contributed by atoms with Crippen molar-refractivity contribution >= 4 is 13.9 Å². The average Bonchev–Trinajstić information content (AvgIpc) is 3.46. The second-order valence-corrected chi connectivity index (χ2v) is 19.9. The van der Waals surface area contributed by atoms with Gasteiger partial charge in [-0.15, -0.1) is 0 Å². The van der Waals surface area contributed by atoms with Gasteiger partial charge in [0.05, 0.1) is 32.9 Å². The van der Waals surface area contributed by atoms with Gasteiger partial charge in [-0.1, -0.05) is 88.5 Å². The fourth-order valence-corrected chi connectivity index (χ4v) is 9.97. The number of nitrogens with zero attached hydrogens (tertiary/aromatic N) is 2. The van der Waals surface area contributed by atoms with Crippen LogP contribution in [0.1, 0.15) is 50.1 Å². The standard InChI is InChI=1S/C38H50N4O6Si/c1-36(2,3)49(6,7)37(45)25-32(42-24-21-31(40-23-22-39)41-35(42)44)48-34(37)33(43)38(26-11-9-8-10-12-26,27-13-17-29(46-4)18-14-27)28-15-19-30(47-5)20-16-28/h8-21,24,32-34,43,45H,22-23,25,39H2,1-7H3,(H,40,41,44)/t32-,33?,34-,37-/m1/s1. The number of nitrogens with one attached hydrogen (secondary N) is 1. The first-order valence-electron chi connectivity index (χ1n) is 16.7. The number of hydrogen-bond acceptors (Lipinski definition) is 9. The molecular formula is C38H50N4O6Si. The summed E-state index contributed by atoms with van der Waals surface area (Å²) >= 11 is 0. The van der Waals surface area contributed by atoms with Crippen molar-refractivity contribution < 1.29 is 24.4 Å².